The lowest BCUT2D eigenvalue weighted by Crippen LogP contribution is -2.52. The molecule has 2 saturated carbocycles. The molecule has 0 aromatic rings. The Balaban J connectivity index is 0.00000162. The zero-order chi connectivity index (χ0) is 12.5. The van der Waals surface area contributed by atoms with E-state index in [-0.39, 0.29) is 18.3 Å². The molecular formula is C14H27ClN2O. The molecule has 2 rings (SSSR count). The van der Waals surface area contributed by atoms with Crippen LogP contribution in [0.25, 0.3) is 0 Å². The standard InChI is InChI=1S/C14H26N2O.ClH/c1-3-7-13(2,15)12(17)16-11-10-14(11)8-5-4-6-9-14;/h11H,3-10,15H2,1-2H3,(H,16,17);1H. The molecule has 106 valence electrons. The molecule has 3 nitrogen and oxygen atoms in total. The van der Waals surface area contributed by atoms with Gasteiger partial charge in [0.25, 0.3) is 0 Å². The number of carbonyl (C=O) groups excluding carboxylic acids is 1. The smallest absolute Gasteiger partial charge is 0.240 e. The van der Waals surface area contributed by atoms with Gasteiger partial charge in [0.15, 0.2) is 0 Å². The first-order chi connectivity index (χ1) is 8.00. The minimum absolute atomic E-state index is 0. The van der Waals surface area contributed by atoms with E-state index in [2.05, 4.69) is 12.2 Å². The predicted molar refractivity (Wildman–Crippen MR) is 76.8 cm³/mol. The Morgan fingerprint density at radius 1 is 1.39 bits per heavy atom. The molecule has 18 heavy (non-hydrogen) atoms. The molecule has 2 aliphatic carbocycles. The number of nitrogens with one attached hydrogen (secondary N) is 1. The van der Waals surface area contributed by atoms with Crippen molar-refractivity contribution in [2.45, 2.75) is 76.8 Å². The maximum atomic E-state index is 12.1. The number of rotatable bonds is 4. The second kappa shape index (κ2) is 5.79. The van der Waals surface area contributed by atoms with Gasteiger partial charge in [-0.2, -0.15) is 0 Å². The summed E-state index contributed by atoms with van der Waals surface area (Å²) in [6.07, 6.45) is 9.53. The van der Waals surface area contributed by atoms with Gasteiger partial charge in [0, 0.05) is 6.04 Å². The molecule has 3 N–H and O–H groups in total. The molecule has 4 heteroatoms. The van der Waals surface area contributed by atoms with Gasteiger partial charge in [0.1, 0.15) is 0 Å². The highest BCUT2D eigenvalue weighted by atomic mass is 35.5. The van der Waals surface area contributed by atoms with E-state index in [1.165, 1.54) is 38.5 Å². The van der Waals surface area contributed by atoms with E-state index in [0.29, 0.717) is 11.5 Å². The Hall–Kier alpha value is -0.280. The Kier molecular flexibility index (Phi) is 5.07. The van der Waals surface area contributed by atoms with Crippen molar-refractivity contribution < 1.29 is 4.79 Å². The summed E-state index contributed by atoms with van der Waals surface area (Å²) in [5.74, 6) is 0.0480. The van der Waals surface area contributed by atoms with Crippen LogP contribution in [0.15, 0.2) is 0 Å². The molecule has 2 unspecified atom stereocenters. The number of hydrogen-bond donors (Lipinski definition) is 2. The van der Waals surface area contributed by atoms with E-state index in [1.54, 1.807) is 0 Å². The average molecular weight is 275 g/mol. The molecule has 1 spiro atoms. The highest BCUT2D eigenvalue weighted by molar-refractivity contribution is 5.86. The zero-order valence-electron chi connectivity index (χ0n) is 11.6. The summed E-state index contributed by atoms with van der Waals surface area (Å²) >= 11 is 0. The van der Waals surface area contributed by atoms with Crippen molar-refractivity contribution in [3.05, 3.63) is 0 Å². The summed E-state index contributed by atoms with van der Waals surface area (Å²) < 4.78 is 0. The lowest BCUT2D eigenvalue weighted by molar-refractivity contribution is -0.126. The minimum atomic E-state index is -0.687. The van der Waals surface area contributed by atoms with Gasteiger partial charge in [-0.05, 0) is 38.0 Å². The summed E-state index contributed by atoms with van der Waals surface area (Å²) in [4.78, 5) is 12.1. The fourth-order valence-corrected chi connectivity index (χ4v) is 3.32. The van der Waals surface area contributed by atoms with Crippen molar-refractivity contribution >= 4 is 18.3 Å². The SMILES string of the molecule is CCCC(C)(N)C(=O)NC1CC12CCCCC2.Cl. The predicted octanol–water partition coefficient (Wildman–Crippen LogP) is 2.76. The van der Waals surface area contributed by atoms with E-state index < -0.39 is 5.54 Å². The van der Waals surface area contributed by atoms with Crippen molar-refractivity contribution in [1.29, 1.82) is 0 Å². The van der Waals surface area contributed by atoms with Gasteiger partial charge in [0.05, 0.1) is 5.54 Å². The van der Waals surface area contributed by atoms with Gasteiger partial charge in [-0.3, -0.25) is 4.79 Å². The fourth-order valence-electron chi connectivity index (χ4n) is 3.32. The molecular weight excluding hydrogens is 248 g/mol. The highest BCUT2D eigenvalue weighted by Crippen LogP contribution is 2.56. The number of halogens is 1. The van der Waals surface area contributed by atoms with Crippen molar-refractivity contribution in [1.82, 2.24) is 5.32 Å². The van der Waals surface area contributed by atoms with Crippen molar-refractivity contribution in [2.24, 2.45) is 11.1 Å². The van der Waals surface area contributed by atoms with Gasteiger partial charge in [-0.25, -0.2) is 0 Å². The molecule has 1 amide bonds. The van der Waals surface area contributed by atoms with Gasteiger partial charge in [-0.1, -0.05) is 32.6 Å². The third kappa shape index (κ3) is 3.18. The Bertz CT molecular complexity index is 298. The second-order valence-corrected chi connectivity index (χ2v) is 6.32. The second-order valence-electron chi connectivity index (χ2n) is 6.32. The summed E-state index contributed by atoms with van der Waals surface area (Å²) in [6.45, 7) is 3.92. The van der Waals surface area contributed by atoms with Crippen LogP contribution in [-0.2, 0) is 4.79 Å². The van der Waals surface area contributed by atoms with Crippen molar-refractivity contribution in [3.63, 3.8) is 0 Å². The summed E-state index contributed by atoms with van der Waals surface area (Å²) in [6, 6.07) is 0.412. The number of amides is 1. The van der Waals surface area contributed by atoms with Crippen molar-refractivity contribution in [2.75, 3.05) is 0 Å². The zero-order valence-corrected chi connectivity index (χ0v) is 12.4. The van der Waals surface area contributed by atoms with Crippen LogP contribution in [0.5, 0.6) is 0 Å². The topological polar surface area (TPSA) is 55.1 Å². The highest BCUT2D eigenvalue weighted by Gasteiger charge is 2.55. The van der Waals surface area contributed by atoms with Crippen molar-refractivity contribution in [3.8, 4) is 0 Å². The lowest BCUT2D eigenvalue weighted by Gasteiger charge is -2.26. The average Bonchev–Trinajstić information content (AvgIpc) is 2.91. The minimum Gasteiger partial charge on any atom is -0.351 e. The van der Waals surface area contributed by atoms with Gasteiger partial charge in [-0.15, -0.1) is 12.4 Å². The van der Waals surface area contributed by atoms with Crippen LogP contribution in [0, 0.1) is 5.41 Å². The lowest BCUT2D eigenvalue weighted by atomic mass is 9.85. The number of hydrogen-bond acceptors (Lipinski definition) is 2. The Labute approximate surface area is 117 Å². The fraction of sp³-hybridized carbons (Fsp3) is 0.929. The first kappa shape index (κ1) is 15.8. The van der Waals surface area contributed by atoms with Gasteiger partial charge < -0.3 is 11.1 Å². The summed E-state index contributed by atoms with van der Waals surface area (Å²) in [5, 5.41) is 3.18. The van der Waals surface area contributed by atoms with E-state index in [1.807, 2.05) is 6.92 Å². The summed E-state index contributed by atoms with van der Waals surface area (Å²) in [7, 11) is 0. The van der Waals surface area contributed by atoms with Crippen LogP contribution in [0.1, 0.15) is 65.2 Å². The van der Waals surface area contributed by atoms with Crippen LogP contribution in [0.2, 0.25) is 0 Å². The number of carbonyl (C=O) groups is 1. The molecule has 2 atom stereocenters. The quantitative estimate of drug-likeness (QED) is 0.828. The summed E-state index contributed by atoms with van der Waals surface area (Å²) in [5.41, 5.74) is 5.82. The van der Waals surface area contributed by atoms with Crippen LogP contribution >= 0.6 is 12.4 Å². The van der Waals surface area contributed by atoms with Gasteiger partial charge in [0.2, 0.25) is 5.91 Å². The molecule has 2 aliphatic rings. The molecule has 0 bridgehead atoms. The third-order valence-electron chi connectivity index (χ3n) is 4.63. The maximum absolute atomic E-state index is 12.1. The molecule has 0 aliphatic heterocycles. The largest absolute Gasteiger partial charge is 0.351 e. The third-order valence-corrected chi connectivity index (χ3v) is 4.63. The molecule has 0 saturated heterocycles. The molecule has 0 aromatic carbocycles. The first-order valence-corrected chi connectivity index (χ1v) is 7.10. The first-order valence-electron chi connectivity index (χ1n) is 7.10. The Morgan fingerprint density at radius 3 is 2.56 bits per heavy atom. The normalized spacial score (nSPS) is 28.1. The molecule has 0 radical (unpaired) electrons. The van der Waals surface area contributed by atoms with E-state index in [0.717, 1.165) is 12.8 Å². The Morgan fingerprint density at radius 2 is 2.00 bits per heavy atom. The van der Waals surface area contributed by atoms with Crippen LogP contribution in [-0.4, -0.2) is 17.5 Å². The van der Waals surface area contributed by atoms with Gasteiger partial charge >= 0.3 is 0 Å². The van der Waals surface area contributed by atoms with E-state index >= 15 is 0 Å². The van der Waals surface area contributed by atoms with Crippen LogP contribution < -0.4 is 11.1 Å². The maximum Gasteiger partial charge on any atom is 0.240 e. The van der Waals surface area contributed by atoms with Crippen LogP contribution in [0.4, 0.5) is 0 Å². The van der Waals surface area contributed by atoms with Crippen LogP contribution in [0.3, 0.4) is 0 Å². The monoisotopic (exact) mass is 274 g/mol. The molecule has 0 heterocycles. The molecule has 2 fully saturated rings. The van der Waals surface area contributed by atoms with E-state index in [9.17, 15) is 4.79 Å². The van der Waals surface area contributed by atoms with E-state index in [4.69, 9.17) is 5.73 Å². The molecule has 0 aromatic heterocycles. The number of nitrogens with two attached hydrogens (primary N) is 1.